The predicted octanol–water partition coefficient (Wildman–Crippen LogP) is 3.93. The van der Waals surface area contributed by atoms with Gasteiger partial charge in [0, 0.05) is 19.1 Å². The number of hydrogen-bond donors (Lipinski definition) is 0. The highest BCUT2D eigenvalue weighted by Gasteiger charge is 2.21. The van der Waals surface area contributed by atoms with Crippen molar-refractivity contribution < 1.29 is 17.4 Å². The van der Waals surface area contributed by atoms with Crippen LogP contribution >= 0.6 is 22.9 Å². The highest BCUT2D eigenvalue weighted by atomic mass is 35.5. The maximum atomic E-state index is 12.7. The lowest BCUT2D eigenvalue weighted by atomic mass is 10.3. The molecule has 0 saturated carbocycles. The zero-order chi connectivity index (χ0) is 19.6. The van der Waals surface area contributed by atoms with E-state index in [4.69, 9.17) is 16.0 Å². The van der Waals surface area contributed by atoms with Crippen LogP contribution in [0.4, 0.5) is 14.5 Å². The molecule has 0 aliphatic heterocycles. The van der Waals surface area contributed by atoms with Gasteiger partial charge in [-0.15, -0.1) is 21.5 Å². The van der Waals surface area contributed by atoms with Gasteiger partial charge in [0.25, 0.3) is 11.8 Å². The first-order valence-corrected chi connectivity index (χ1v) is 9.80. The molecule has 0 radical (unpaired) electrons. The number of rotatable bonds is 7. The highest BCUT2D eigenvalue weighted by molar-refractivity contribution is 7.84. The summed E-state index contributed by atoms with van der Waals surface area (Å²) in [5.41, 5.74) is 0.657. The standard InChI is InChI=1S/C15H14ClF2N5O2S2/c1-22(2)27(24)23(10-5-3-4-9(16)6-10)8-12-19-7-11(26-12)14-20-21-15(25-14)13(17)18/h3-7,13H,8H2,1-2H3. The number of alkyl halides is 2. The lowest BCUT2D eigenvalue weighted by molar-refractivity contribution is 0.116. The molecule has 0 amide bonds. The van der Waals surface area contributed by atoms with E-state index in [1.807, 2.05) is 0 Å². The summed E-state index contributed by atoms with van der Waals surface area (Å²) in [5, 5.41) is 8.02. The van der Waals surface area contributed by atoms with Gasteiger partial charge >= 0.3 is 6.43 Å². The minimum absolute atomic E-state index is 0.0305. The Balaban J connectivity index is 1.86. The molecule has 0 N–H and O–H groups in total. The second-order valence-corrected chi connectivity index (χ2v) is 8.61. The van der Waals surface area contributed by atoms with Crippen molar-refractivity contribution in [2.75, 3.05) is 18.4 Å². The van der Waals surface area contributed by atoms with Crippen molar-refractivity contribution in [1.82, 2.24) is 19.5 Å². The first-order valence-electron chi connectivity index (χ1n) is 7.54. The summed E-state index contributed by atoms with van der Waals surface area (Å²) in [6, 6.07) is 6.97. The summed E-state index contributed by atoms with van der Waals surface area (Å²) >= 11 is 5.75. The van der Waals surface area contributed by atoms with Gasteiger partial charge in [-0.2, -0.15) is 8.78 Å². The topological polar surface area (TPSA) is 75.4 Å². The molecule has 0 bridgehead atoms. The zero-order valence-electron chi connectivity index (χ0n) is 14.2. The number of thiazole rings is 1. The van der Waals surface area contributed by atoms with Crippen LogP contribution in [-0.4, -0.2) is 37.8 Å². The van der Waals surface area contributed by atoms with Gasteiger partial charge in [0.05, 0.1) is 18.4 Å². The molecule has 0 spiro atoms. The second kappa shape index (κ2) is 8.38. The number of halogens is 3. The van der Waals surface area contributed by atoms with Crippen LogP contribution in [0.3, 0.4) is 0 Å². The van der Waals surface area contributed by atoms with Crippen LogP contribution in [0.25, 0.3) is 10.8 Å². The quantitative estimate of drug-likeness (QED) is 0.564. The van der Waals surface area contributed by atoms with Crippen molar-refractivity contribution >= 4 is 39.8 Å². The SMILES string of the molecule is CN(C)S(=O)N(Cc1ncc(-c2nnc(C(F)F)o2)s1)c1cccc(Cl)c1. The summed E-state index contributed by atoms with van der Waals surface area (Å²) in [4.78, 5) is 4.70. The second-order valence-electron chi connectivity index (χ2n) is 5.42. The van der Waals surface area contributed by atoms with E-state index in [0.717, 1.165) is 0 Å². The van der Waals surface area contributed by atoms with Crippen LogP contribution in [0.1, 0.15) is 17.3 Å². The predicted molar refractivity (Wildman–Crippen MR) is 99.8 cm³/mol. The number of aromatic nitrogens is 3. The van der Waals surface area contributed by atoms with E-state index in [-0.39, 0.29) is 12.4 Å². The van der Waals surface area contributed by atoms with Gasteiger partial charge in [0.2, 0.25) is 0 Å². The lowest BCUT2D eigenvalue weighted by Gasteiger charge is -2.25. The Bertz CT molecular complexity index is 950. The van der Waals surface area contributed by atoms with E-state index in [2.05, 4.69) is 15.2 Å². The maximum absolute atomic E-state index is 12.7. The Morgan fingerprint density at radius 1 is 1.33 bits per heavy atom. The largest absolute Gasteiger partial charge is 0.414 e. The normalized spacial score (nSPS) is 12.7. The molecule has 1 aromatic carbocycles. The van der Waals surface area contributed by atoms with Gasteiger partial charge in [-0.3, -0.25) is 4.31 Å². The van der Waals surface area contributed by atoms with Gasteiger partial charge in [-0.25, -0.2) is 13.5 Å². The summed E-state index contributed by atoms with van der Waals surface area (Å²) in [6.07, 6.45) is -1.38. The molecule has 7 nitrogen and oxygen atoms in total. The zero-order valence-corrected chi connectivity index (χ0v) is 16.6. The monoisotopic (exact) mass is 433 g/mol. The minimum Gasteiger partial charge on any atom is -0.414 e. The van der Waals surface area contributed by atoms with E-state index in [1.54, 1.807) is 47.0 Å². The third-order valence-electron chi connectivity index (χ3n) is 3.27. The number of anilines is 1. The Morgan fingerprint density at radius 3 is 2.74 bits per heavy atom. The minimum atomic E-state index is -2.83. The molecule has 1 atom stereocenters. The van der Waals surface area contributed by atoms with Gasteiger partial charge in [-0.1, -0.05) is 17.7 Å². The molecule has 144 valence electrons. The van der Waals surface area contributed by atoms with Crippen LogP contribution in [0, 0.1) is 0 Å². The van der Waals surface area contributed by atoms with Crippen molar-refractivity contribution in [1.29, 1.82) is 0 Å². The van der Waals surface area contributed by atoms with Crippen LogP contribution in [0.15, 0.2) is 34.9 Å². The van der Waals surface area contributed by atoms with E-state index in [9.17, 15) is 13.0 Å². The van der Waals surface area contributed by atoms with E-state index < -0.39 is 23.5 Å². The van der Waals surface area contributed by atoms with Crippen LogP contribution in [0.5, 0.6) is 0 Å². The average Bonchev–Trinajstić information content (AvgIpc) is 3.28. The molecule has 27 heavy (non-hydrogen) atoms. The molecule has 0 fully saturated rings. The summed E-state index contributed by atoms with van der Waals surface area (Å²) < 4.78 is 46.0. The Hall–Kier alpha value is -1.95. The van der Waals surface area contributed by atoms with Gasteiger partial charge in [0.1, 0.15) is 9.88 Å². The Labute approximate surface area is 165 Å². The first kappa shape index (κ1) is 19.8. The molecule has 0 saturated heterocycles. The smallest absolute Gasteiger partial charge is 0.314 e. The highest BCUT2D eigenvalue weighted by Crippen LogP contribution is 2.30. The van der Waals surface area contributed by atoms with Crippen molar-refractivity contribution in [2.24, 2.45) is 0 Å². The summed E-state index contributed by atoms with van der Waals surface area (Å²) in [7, 11) is 3.37. The van der Waals surface area contributed by atoms with E-state index in [1.165, 1.54) is 17.5 Å². The molecule has 1 unspecified atom stereocenters. The number of benzene rings is 1. The van der Waals surface area contributed by atoms with Gasteiger partial charge in [-0.05, 0) is 18.2 Å². The molecule has 2 heterocycles. The molecule has 3 aromatic rings. The van der Waals surface area contributed by atoms with E-state index in [0.29, 0.717) is 20.6 Å². The van der Waals surface area contributed by atoms with Gasteiger partial charge in [0.15, 0.2) is 11.2 Å². The Kier molecular flexibility index (Phi) is 6.15. The van der Waals surface area contributed by atoms with Crippen LogP contribution in [-0.2, 0) is 17.7 Å². The molecule has 3 rings (SSSR count). The molecule has 0 aliphatic carbocycles. The fourth-order valence-electron chi connectivity index (χ4n) is 2.09. The number of hydrogen-bond acceptors (Lipinski definition) is 6. The first-order chi connectivity index (χ1) is 12.8. The fourth-order valence-corrected chi connectivity index (χ4v) is 4.11. The van der Waals surface area contributed by atoms with Crippen molar-refractivity contribution in [3.05, 3.63) is 46.4 Å². The Morgan fingerprint density at radius 2 is 2.11 bits per heavy atom. The maximum Gasteiger partial charge on any atom is 0.314 e. The van der Waals surface area contributed by atoms with Crippen LogP contribution in [0.2, 0.25) is 5.02 Å². The summed E-state index contributed by atoms with van der Waals surface area (Å²) in [6.45, 7) is 0.214. The third-order valence-corrected chi connectivity index (χ3v) is 5.81. The van der Waals surface area contributed by atoms with Crippen LogP contribution < -0.4 is 4.31 Å². The third kappa shape index (κ3) is 4.67. The lowest BCUT2D eigenvalue weighted by Crippen LogP contribution is -2.34. The average molecular weight is 434 g/mol. The number of nitrogens with zero attached hydrogens (tertiary/aromatic N) is 5. The molecular formula is C15H14ClF2N5O2S2. The van der Waals surface area contributed by atoms with Gasteiger partial charge < -0.3 is 4.42 Å². The molecule has 0 aliphatic rings. The van der Waals surface area contributed by atoms with Crippen molar-refractivity contribution in [3.63, 3.8) is 0 Å². The summed E-state index contributed by atoms with van der Waals surface area (Å²) in [5.74, 6) is -0.772. The molecule has 2 aromatic heterocycles. The molecule has 12 heteroatoms. The van der Waals surface area contributed by atoms with Crippen molar-refractivity contribution in [3.8, 4) is 10.8 Å². The fraction of sp³-hybridized carbons (Fsp3) is 0.267. The molecular weight excluding hydrogens is 420 g/mol. The van der Waals surface area contributed by atoms with E-state index >= 15 is 0 Å². The van der Waals surface area contributed by atoms with Crippen molar-refractivity contribution in [2.45, 2.75) is 13.0 Å².